The minimum Gasteiger partial charge on any atom is -0.326 e. The van der Waals surface area contributed by atoms with Crippen LogP contribution in [0.4, 0.5) is 5.69 Å². The summed E-state index contributed by atoms with van der Waals surface area (Å²) in [5.74, 6) is 0.299. The van der Waals surface area contributed by atoms with Gasteiger partial charge in [0.2, 0.25) is 0 Å². The second-order valence-electron chi connectivity index (χ2n) is 5.91. The molecule has 2 atom stereocenters. The maximum Gasteiger partial charge on any atom is 0.270 e. The number of nitro benzene ring substituents is 1. The summed E-state index contributed by atoms with van der Waals surface area (Å²) < 4.78 is 0. The van der Waals surface area contributed by atoms with Crippen LogP contribution in [0, 0.1) is 10.1 Å². The van der Waals surface area contributed by atoms with E-state index < -0.39 is 4.92 Å². The highest BCUT2D eigenvalue weighted by molar-refractivity contribution is 6.31. The zero-order valence-electron chi connectivity index (χ0n) is 13.0. The Balaban J connectivity index is 0.00000208. The molecule has 1 heterocycles. The lowest BCUT2D eigenvalue weighted by Crippen LogP contribution is -2.28. The van der Waals surface area contributed by atoms with Crippen LogP contribution >= 0.6 is 24.0 Å². The molecule has 0 amide bonds. The SMILES string of the molecule is Cl.N[C@@H]1CN(Cc2ccc([N+](=O)[O-])cc2Cl)C[C@H]1c1ccccc1. The van der Waals surface area contributed by atoms with Crippen LogP contribution in [0.5, 0.6) is 0 Å². The van der Waals surface area contributed by atoms with Crippen molar-refractivity contribution in [2.24, 2.45) is 5.73 Å². The second-order valence-corrected chi connectivity index (χ2v) is 6.32. The number of halogens is 2. The first kappa shape index (κ1) is 18.7. The summed E-state index contributed by atoms with van der Waals surface area (Å²) >= 11 is 6.18. The average molecular weight is 368 g/mol. The normalized spacial score (nSPS) is 20.6. The summed E-state index contributed by atoms with van der Waals surface area (Å²) in [5.41, 5.74) is 8.44. The minimum atomic E-state index is -0.438. The first-order valence-electron chi connectivity index (χ1n) is 7.50. The lowest BCUT2D eigenvalue weighted by molar-refractivity contribution is -0.384. The van der Waals surface area contributed by atoms with E-state index in [1.54, 1.807) is 6.07 Å². The number of nitrogens with two attached hydrogens (primary N) is 1. The van der Waals surface area contributed by atoms with Gasteiger partial charge in [-0.3, -0.25) is 15.0 Å². The van der Waals surface area contributed by atoms with E-state index >= 15 is 0 Å². The average Bonchev–Trinajstić information content (AvgIpc) is 2.90. The standard InChI is InChI=1S/C17H18ClN3O2.ClH/c18-16-8-14(21(22)23)7-6-13(16)9-20-10-15(17(19)11-20)12-4-2-1-3-5-12;/h1-8,15,17H,9-11,19H2;1H/t15-,17+;/m0./s1. The highest BCUT2D eigenvalue weighted by atomic mass is 35.5. The van der Waals surface area contributed by atoms with Gasteiger partial charge in [0.05, 0.1) is 9.95 Å². The molecule has 0 saturated carbocycles. The zero-order valence-corrected chi connectivity index (χ0v) is 14.5. The predicted octanol–water partition coefficient (Wildman–Crippen LogP) is 3.60. The quantitative estimate of drug-likeness (QED) is 0.661. The van der Waals surface area contributed by atoms with Crippen LogP contribution in [-0.2, 0) is 6.54 Å². The van der Waals surface area contributed by atoms with Gasteiger partial charge in [0.15, 0.2) is 0 Å². The molecule has 2 N–H and O–H groups in total. The molecular weight excluding hydrogens is 349 g/mol. The number of benzene rings is 2. The Labute approximate surface area is 152 Å². The van der Waals surface area contributed by atoms with Gasteiger partial charge >= 0.3 is 0 Å². The van der Waals surface area contributed by atoms with Crippen molar-refractivity contribution in [3.8, 4) is 0 Å². The summed E-state index contributed by atoms with van der Waals surface area (Å²) in [6.45, 7) is 2.29. The number of rotatable bonds is 4. The lowest BCUT2D eigenvalue weighted by Gasteiger charge is -2.17. The molecule has 0 aliphatic carbocycles. The zero-order chi connectivity index (χ0) is 16.4. The lowest BCUT2D eigenvalue weighted by atomic mass is 9.95. The Morgan fingerprint density at radius 2 is 1.92 bits per heavy atom. The Hall–Kier alpha value is -1.66. The van der Waals surface area contributed by atoms with Gasteiger partial charge in [-0.2, -0.15) is 0 Å². The van der Waals surface area contributed by atoms with Crippen LogP contribution in [0.25, 0.3) is 0 Å². The molecule has 5 nitrogen and oxygen atoms in total. The summed E-state index contributed by atoms with van der Waals surface area (Å²) in [6.07, 6.45) is 0. The maximum atomic E-state index is 10.8. The van der Waals surface area contributed by atoms with E-state index in [1.807, 2.05) is 18.2 Å². The largest absolute Gasteiger partial charge is 0.326 e. The molecule has 1 saturated heterocycles. The van der Waals surface area contributed by atoms with Crippen LogP contribution in [0.2, 0.25) is 5.02 Å². The van der Waals surface area contributed by atoms with Crippen LogP contribution in [0.15, 0.2) is 48.5 Å². The molecule has 1 fully saturated rings. The molecule has 3 rings (SSSR count). The van der Waals surface area contributed by atoms with Crippen molar-refractivity contribution < 1.29 is 4.92 Å². The van der Waals surface area contributed by atoms with E-state index in [2.05, 4.69) is 17.0 Å². The van der Waals surface area contributed by atoms with Crippen molar-refractivity contribution in [1.29, 1.82) is 0 Å². The number of likely N-dealkylation sites (tertiary alicyclic amines) is 1. The van der Waals surface area contributed by atoms with Gasteiger partial charge in [-0.1, -0.05) is 41.9 Å². The maximum absolute atomic E-state index is 10.8. The molecule has 1 aliphatic heterocycles. The van der Waals surface area contributed by atoms with Crippen LogP contribution in [-0.4, -0.2) is 29.0 Å². The van der Waals surface area contributed by atoms with Crippen LogP contribution in [0.1, 0.15) is 17.0 Å². The molecule has 2 aromatic rings. The summed E-state index contributed by atoms with van der Waals surface area (Å²) in [6, 6.07) is 15.0. The third-order valence-corrected chi connectivity index (χ3v) is 4.66. The Bertz CT molecular complexity index is 712. The molecule has 0 radical (unpaired) electrons. The van der Waals surface area contributed by atoms with Gasteiger partial charge in [0.1, 0.15) is 0 Å². The van der Waals surface area contributed by atoms with Crippen molar-refractivity contribution >= 4 is 29.7 Å². The first-order valence-corrected chi connectivity index (χ1v) is 7.88. The van der Waals surface area contributed by atoms with Crippen LogP contribution in [0.3, 0.4) is 0 Å². The van der Waals surface area contributed by atoms with Gasteiger partial charge in [-0.05, 0) is 17.2 Å². The van der Waals surface area contributed by atoms with Crippen molar-refractivity contribution in [3.63, 3.8) is 0 Å². The second kappa shape index (κ2) is 7.94. The summed E-state index contributed by atoms with van der Waals surface area (Å²) in [7, 11) is 0. The summed E-state index contributed by atoms with van der Waals surface area (Å²) in [5, 5.41) is 11.2. The Morgan fingerprint density at radius 3 is 2.54 bits per heavy atom. The van der Waals surface area contributed by atoms with Gasteiger partial charge in [-0.25, -0.2) is 0 Å². The van der Waals surface area contributed by atoms with E-state index in [0.29, 0.717) is 17.5 Å². The minimum absolute atomic E-state index is 0. The third-order valence-electron chi connectivity index (χ3n) is 4.31. The van der Waals surface area contributed by atoms with Gasteiger partial charge in [0, 0.05) is 43.7 Å². The van der Waals surface area contributed by atoms with E-state index in [9.17, 15) is 10.1 Å². The van der Waals surface area contributed by atoms with Gasteiger partial charge < -0.3 is 5.73 Å². The van der Waals surface area contributed by atoms with Crippen molar-refractivity contribution in [2.75, 3.05) is 13.1 Å². The molecule has 7 heteroatoms. The van der Waals surface area contributed by atoms with Crippen molar-refractivity contribution in [2.45, 2.75) is 18.5 Å². The fraction of sp³-hybridized carbons (Fsp3) is 0.294. The van der Waals surface area contributed by atoms with Crippen LogP contribution < -0.4 is 5.73 Å². The molecule has 2 aromatic carbocycles. The molecule has 1 aliphatic rings. The molecule has 128 valence electrons. The predicted molar refractivity (Wildman–Crippen MR) is 97.8 cm³/mol. The van der Waals surface area contributed by atoms with Gasteiger partial charge in [-0.15, -0.1) is 12.4 Å². The topological polar surface area (TPSA) is 72.4 Å². The molecule has 0 aromatic heterocycles. The molecular formula is C17H19Cl2N3O2. The highest BCUT2D eigenvalue weighted by Crippen LogP contribution is 2.29. The first-order chi connectivity index (χ1) is 11.0. The number of hydrogen-bond acceptors (Lipinski definition) is 4. The van der Waals surface area contributed by atoms with Crippen molar-refractivity contribution in [1.82, 2.24) is 4.90 Å². The smallest absolute Gasteiger partial charge is 0.270 e. The fourth-order valence-electron chi connectivity index (χ4n) is 3.11. The number of non-ortho nitro benzene ring substituents is 1. The number of hydrogen-bond donors (Lipinski definition) is 1. The van der Waals surface area contributed by atoms with E-state index in [4.69, 9.17) is 17.3 Å². The Morgan fingerprint density at radius 1 is 1.21 bits per heavy atom. The third kappa shape index (κ3) is 4.05. The molecule has 0 unspecified atom stereocenters. The number of nitro groups is 1. The van der Waals surface area contributed by atoms with Crippen molar-refractivity contribution in [3.05, 3.63) is 74.8 Å². The van der Waals surface area contributed by atoms with E-state index in [-0.39, 0.29) is 24.1 Å². The monoisotopic (exact) mass is 367 g/mol. The number of nitrogens with zero attached hydrogens (tertiary/aromatic N) is 2. The molecule has 0 bridgehead atoms. The Kier molecular flexibility index (Phi) is 6.18. The van der Waals surface area contributed by atoms with Gasteiger partial charge in [0.25, 0.3) is 5.69 Å². The summed E-state index contributed by atoms with van der Waals surface area (Å²) in [4.78, 5) is 12.6. The molecule has 24 heavy (non-hydrogen) atoms. The fourth-order valence-corrected chi connectivity index (χ4v) is 3.35. The highest BCUT2D eigenvalue weighted by Gasteiger charge is 2.31. The molecule has 0 spiro atoms. The van der Waals surface area contributed by atoms with E-state index in [1.165, 1.54) is 17.7 Å². The van der Waals surface area contributed by atoms with E-state index in [0.717, 1.165) is 18.7 Å².